The van der Waals surface area contributed by atoms with Crippen molar-refractivity contribution < 1.29 is 13.2 Å². The first-order chi connectivity index (χ1) is 8.20. The Bertz CT molecular complexity index is 364. The summed E-state index contributed by atoms with van der Waals surface area (Å²) in [4.78, 5) is 11.6. The predicted octanol–water partition coefficient (Wildman–Crippen LogP) is -0.0984. The zero-order valence-electron chi connectivity index (χ0n) is 11.7. The van der Waals surface area contributed by atoms with Crippen molar-refractivity contribution in [2.24, 2.45) is 5.73 Å². The fourth-order valence-corrected chi connectivity index (χ4v) is 2.11. The van der Waals surface area contributed by atoms with E-state index in [1.165, 1.54) is 7.05 Å². The van der Waals surface area contributed by atoms with Crippen molar-refractivity contribution in [2.75, 3.05) is 25.9 Å². The van der Waals surface area contributed by atoms with Crippen molar-refractivity contribution in [1.29, 1.82) is 0 Å². The lowest BCUT2D eigenvalue weighted by atomic mass is 9.94. The largest absolute Gasteiger partial charge is 0.353 e. The number of amides is 1. The minimum Gasteiger partial charge on any atom is -0.353 e. The average Bonchev–Trinajstić information content (AvgIpc) is 2.35. The Balaban J connectivity index is 4.30. The maximum atomic E-state index is 11.6. The first kappa shape index (κ1) is 17.3. The summed E-state index contributed by atoms with van der Waals surface area (Å²) in [6.07, 6.45) is 1.51. The molecule has 0 spiro atoms. The van der Waals surface area contributed by atoms with Crippen LogP contribution in [0, 0.1) is 0 Å². The standard InChI is InChI=1S/C11H25N3O3S/c1-5-11(12,6-2)9-13-10(15)8-14(4)18(16,17)7-3/h5-9,12H2,1-4H3,(H,13,15). The second kappa shape index (κ2) is 7.06. The van der Waals surface area contributed by atoms with Crippen molar-refractivity contribution in [3.8, 4) is 0 Å². The van der Waals surface area contributed by atoms with Gasteiger partial charge in [0, 0.05) is 19.1 Å². The Morgan fingerprint density at radius 1 is 1.28 bits per heavy atom. The van der Waals surface area contributed by atoms with Crippen LogP contribution in [0.1, 0.15) is 33.6 Å². The molecule has 3 N–H and O–H groups in total. The summed E-state index contributed by atoms with van der Waals surface area (Å²) in [6.45, 7) is 5.66. The summed E-state index contributed by atoms with van der Waals surface area (Å²) in [5.74, 6) is -0.340. The molecular formula is C11H25N3O3S. The van der Waals surface area contributed by atoms with Crippen LogP contribution in [-0.2, 0) is 14.8 Å². The molecule has 1 amide bonds. The van der Waals surface area contributed by atoms with Gasteiger partial charge in [-0.15, -0.1) is 0 Å². The van der Waals surface area contributed by atoms with Crippen molar-refractivity contribution in [2.45, 2.75) is 39.2 Å². The Labute approximate surface area is 110 Å². The highest BCUT2D eigenvalue weighted by molar-refractivity contribution is 7.89. The molecule has 0 aliphatic heterocycles. The third-order valence-corrected chi connectivity index (χ3v) is 5.06. The van der Waals surface area contributed by atoms with Gasteiger partial charge in [-0.3, -0.25) is 4.79 Å². The van der Waals surface area contributed by atoms with E-state index < -0.39 is 15.6 Å². The van der Waals surface area contributed by atoms with Crippen molar-refractivity contribution in [3.05, 3.63) is 0 Å². The van der Waals surface area contributed by atoms with E-state index in [9.17, 15) is 13.2 Å². The fraction of sp³-hybridized carbons (Fsp3) is 0.909. The van der Waals surface area contributed by atoms with E-state index in [4.69, 9.17) is 5.73 Å². The third-order valence-electron chi connectivity index (χ3n) is 3.25. The Kier molecular flexibility index (Phi) is 6.80. The molecule has 0 aromatic heterocycles. The van der Waals surface area contributed by atoms with Crippen LogP contribution in [0.4, 0.5) is 0 Å². The Morgan fingerprint density at radius 2 is 1.78 bits per heavy atom. The quantitative estimate of drug-likeness (QED) is 0.649. The lowest BCUT2D eigenvalue weighted by Crippen LogP contribution is -2.51. The molecule has 0 fully saturated rings. The van der Waals surface area contributed by atoms with Gasteiger partial charge in [0.1, 0.15) is 0 Å². The van der Waals surface area contributed by atoms with Crippen LogP contribution in [0.2, 0.25) is 0 Å². The first-order valence-electron chi connectivity index (χ1n) is 6.20. The normalized spacial score (nSPS) is 12.8. The van der Waals surface area contributed by atoms with E-state index in [1.807, 2.05) is 13.8 Å². The van der Waals surface area contributed by atoms with Gasteiger partial charge >= 0.3 is 0 Å². The molecule has 0 bridgehead atoms. The summed E-state index contributed by atoms with van der Waals surface area (Å²) in [6, 6.07) is 0. The minimum atomic E-state index is -3.32. The van der Waals surface area contributed by atoms with Gasteiger partial charge in [0.25, 0.3) is 0 Å². The zero-order chi connectivity index (χ0) is 14.4. The molecule has 0 aliphatic carbocycles. The zero-order valence-corrected chi connectivity index (χ0v) is 12.5. The predicted molar refractivity (Wildman–Crippen MR) is 72.6 cm³/mol. The maximum absolute atomic E-state index is 11.6. The van der Waals surface area contributed by atoms with Crippen molar-refractivity contribution in [1.82, 2.24) is 9.62 Å². The third kappa shape index (κ3) is 5.32. The van der Waals surface area contributed by atoms with Gasteiger partial charge < -0.3 is 11.1 Å². The molecule has 0 aromatic rings. The van der Waals surface area contributed by atoms with Gasteiger partial charge in [0.2, 0.25) is 15.9 Å². The molecule has 108 valence electrons. The minimum absolute atomic E-state index is 0.0124. The number of nitrogens with zero attached hydrogens (tertiary/aromatic N) is 1. The van der Waals surface area contributed by atoms with Gasteiger partial charge in [0.05, 0.1) is 12.3 Å². The average molecular weight is 279 g/mol. The number of nitrogens with two attached hydrogens (primary N) is 1. The molecule has 0 saturated carbocycles. The number of likely N-dealkylation sites (N-methyl/N-ethyl adjacent to an activating group) is 1. The Hall–Kier alpha value is -0.660. The number of hydrogen-bond donors (Lipinski definition) is 2. The molecule has 6 nitrogen and oxygen atoms in total. The summed E-state index contributed by atoms with van der Waals surface area (Å²) in [5.41, 5.74) is 5.62. The van der Waals surface area contributed by atoms with Crippen LogP contribution >= 0.6 is 0 Å². The Morgan fingerprint density at radius 3 is 2.17 bits per heavy atom. The fourth-order valence-electron chi connectivity index (χ4n) is 1.35. The van der Waals surface area contributed by atoms with Gasteiger partial charge in [-0.25, -0.2) is 8.42 Å². The van der Waals surface area contributed by atoms with E-state index in [2.05, 4.69) is 5.32 Å². The molecule has 0 atom stereocenters. The molecule has 18 heavy (non-hydrogen) atoms. The number of nitrogens with one attached hydrogen (secondary N) is 1. The molecule has 0 saturated heterocycles. The van der Waals surface area contributed by atoms with Crippen LogP contribution in [0.15, 0.2) is 0 Å². The first-order valence-corrected chi connectivity index (χ1v) is 7.81. The van der Waals surface area contributed by atoms with Gasteiger partial charge in [-0.05, 0) is 19.8 Å². The molecule has 7 heteroatoms. The smallest absolute Gasteiger partial charge is 0.235 e. The highest BCUT2D eigenvalue weighted by atomic mass is 32.2. The van der Waals surface area contributed by atoms with Crippen LogP contribution in [-0.4, -0.2) is 50.1 Å². The summed E-state index contributed by atoms with van der Waals surface area (Å²) >= 11 is 0. The molecule has 0 aliphatic rings. The van der Waals surface area contributed by atoms with Gasteiger partial charge in [-0.2, -0.15) is 4.31 Å². The van der Waals surface area contributed by atoms with E-state index in [0.717, 1.165) is 17.1 Å². The number of carbonyl (C=O) groups excluding carboxylic acids is 1. The summed E-state index contributed by atoms with van der Waals surface area (Å²) in [7, 11) is -1.92. The molecule has 0 heterocycles. The SMILES string of the molecule is CCC(N)(CC)CNC(=O)CN(C)S(=O)(=O)CC. The highest BCUT2D eigenvalue weighted by Gasteiger charge is 2.23. The van der Waals surface area contributed by atoms with E-state index in [1.54, 1.807) is 6.92 Å². The summed E-state index contributed by atoms with van der Waals surface area (Å²) in [5, 5.41) is 2.68. The monoisotopic (exact) mass is 279 g/mol. The van der Waals surface area contributed by atoms with Crippen LogP contribution in [0.25, 0.3) is 0 Å². The highest BCUT2D eigenvalue weighted by Crippen LogP contribution is 2.09. The van der Waals surface area contributed by atoms with Crippen molar-refractivity contribution >= 4 is 15.9 Å². The molecule has 0 unspecified atom stereocenters. The lowest BCUT2D eigenvalue weighted by molar-refractivity contribution is -0.121. The molecule has 0 rings (SSSR count). The second-order valence-corrected chi connectivity index (χ2v) is 6.87. The van der Waals surface area contributed by atoms with Crippen molar-refractivity contribution in [3.63, 3.8) is 0 Å². The van der Waals surface area contributed by atoms with E-state index in [-0.39, 0.29) is 18.2 Å². The number of sulfonamides is 1. The topological polar surface area (TPSA) is 92.5 Å². The number of rotatable bonds is 8. The van der Waals surface area contributed by atoms with Gasteiger partial charge in [-0.1, -0.05) is 13.8 Å². The number of carbonyl (C=O) groups is 1. The van der Waals surface area contributed by atoms with Crippen LogP contribution < -0.4 is 11.1 Å². The van der Waals surface area contributed by atoms with E-state index in [0.29, 0.717) is 6.54 Å². The maximum Gasteiger partial charge on any atom is 0.235 e. The lowest BCUT2D eigenvalue weighted by Gasteiger charge is -2.27. The van der Waals surface area contributed by atoms with Crippen LogP contribution in [0.3, 0.4) is 0 Å². The molecule has 0 radical (unpaired) electrons. The van der Waals surface area contributed by atoms with Crippen LogP contribution in [0.5, 0.6) is 0 Å². The number of hydrogen-bond acceptors (Lipinski definition) is 4. The van der Waals surface area contributed by atoms with E-state index >= 15 is 0 Å². The summed E-state index contributed by atoms with van der Waals surface area (Å²) < 4.78 is 24.0. The van der Waals surface area contributed by atoms with Gasteiger partial charge in [0.15, 0.2) is 0 Å². The molecular weight excluding hydrogens is 254 g/mol. The molecule has 0 aromatic carbocycles. The second-order valence-electron chi connectivity index (χ2n) is 4.50.